The van der Waals surface area contributed by atoms with Gasteiger partial charge in [0.15, 0.2) is 5.78 Å². The highest BCUT2D eigenvalue weighted by molar-refractivity contribution is 6.33. The molecule has 2 aromatic rings. The fourth-order valence-electron chi connectivity index (χ4n) is 1.70. The minimum atomic E-state index is -0.650. The number of ketones is 1. The molecule has 5 nitrogen and oxygen atoms in total. The molecule has 0 aromatic heterocycles. The van der Waals surface area contributed by atoms with Gasteiger partial charge in [-0.2, -0.15) is 0 Å². The van der Waals surface area contributed by atoms with E-state index in [0.29, 0.717) is 5.56 Å². The fourth-order valence-corrected chi connectivity index (χ4v) is 2.08. The van der Waals surface area contributed by atoms with Crippen LogP contribution in [0.2, 0.25) is 10.0 Å². The van der Waals surface area contributed by atoms with E-state index in [2.05, 4.69) is 0 Å². The van der Waals surface area contributed by atoms with Crippen LogP contribution >= 0.6 is 23.2 Å². The summed E-state index contributed by atoms with van der Waals surface area (Å²) in [7, 11) is 0. The highest BCUT2D eigenvalue weighted by atomic mass is 35.5. The molecular weight excluding hydrogens is 329 g/mol. The average Bonchev–Trinajstić information content (AvgIpc) is 2.48. The molecule has 22 heavy (non-hydrogen) atoms. The number of allylic oxidation sites excluding steroid dienone is 1. The topological polar surface area (TPSA) is 80.4 Å². The van der Waals surface area contributed by atoms with Crippen molar-refractivity contribution in [1.29, 1.82) is 0 Å². The third-order valence-electron chi connectivity index (χ3n) is 2.83. The van der Waals surface area contributed by atoms with E-state index in [1.54, 1.807) is 6.07 Å². The lowest BCUT2D eigenvalue weighted by atomic mass is 10.1. The van der Waals surface area contributed by atoms with Gasteiger partial charge in [0.1, 0.15) is 10.8 Å². The Morgan fingerprint density at radius 3 is 2.50 bits per heavy atom. The monoisotopic (exact) mass is 337 g/mol. The molecule has 0 amide bonds. The summed E-state index contributed by atoms with van der Waals surface area (Å²) in [4.78, 5) is 22.2. The van der Waals surface area contributed by atoms with Gasteiger partial charge >= 0.3 is 0 Å². The maximum absolute atomic E-state index is 12.0. The molecule has 7 heteroatoms. The number of hydrogen-bond donors (Lipinski definition) is 1. The minimum absolute atomic E-state index is 0.0316. The number of benzene rings is 2. The van der Waals surface area contributed by atoms with E-state index >= 15 is 0 Å². The summed E-state index contributed by atoms with van der Waals surface area (Å²) in [6.45, 7) is 0. The first-order chi connectivity index (χ1) is 10.4. The van der Waals surface area contributed by atoms with E-state index in [4.69, 9.17) is 23.2 Å². The highest BCUT2D eigenvalue weighted by Crippen LogP contribution is 2.26. The Morgan fingerprint density at radius 1 is 1.14 bits per heavy atom. The van der Waals surface area contributed by atoms with Crippen molar-refractivity contribution in [3.63, 3.8) is 0 Å². The summed E-state index contributed by atoms with van der Waals surface area (Å²) in [6.07, 6.45) is 2.75. The minimum Gasteiger partial charge on any atom is -0.506 e. The number of carbonyl (C=O) groups is 1. The van der Waals surface area contributed by atoms with Crippen LogP contribution in [0.1, 0.15) is 15.9 Å². The van der Waals surface area contributed by atoms with Crippen molar-refractivity contribution >= 4 is 40.7 Å². The van der Waals surface area contributed by atoms with Crippen LogP contribution in [0.3, 0.4) is 0 Å². The van der Waals surface area contributed by atoms with E-state index in [1.807, 2.05) is 0 Å². The molecule has 2 rings (SSSR count). The van der Waals surface area contributed by atoms with Crippen molar-refractivity contribution in [2.24, 2.45) is 0 Å². The molecule has 0 aliphatic rings. The third-order valence-corrected chi connectivity index (χ3v) is 3.45. The van der Waals surface area contributed by atoms with Gasteiger partial charge < -0.3 is 5.11 Å². The number of nitro benzene ring substituents is 1. The lowest BCUT2D eigenvalue weighted by Gasteiger charge is -2.00. The van der Waals surface area contributed by atoms with Crippen molar-refractivity contribution in [2.75, 3.05) is 0 Å². The molecule has 2 aromatic carbocycles. The highest BCUT2D eigenvalue weighted by Gasteiger charge is 2.15. The molecular formula is C15H9Cl2NO4. The number of nitrogens with zero attached hydrogens (tertiary/aromatic N) is 1. The predicted molar refractivity (Wildman–Crippen MR) is 84.6 cm³/mol. The Balaban J connectivity index is 2.25. The van der Waals surface area contributed by atoms with Crippen LogP contribution in [0.25, 0.3) is 6.08 Å². The van der Waals surface area contributed by atoms with Crippen LogP contribution in [0.15, 0.2) is 42.5 Å². The number of nitro groups is 1. The summed E-state index contributed by atoms with van der Waals surface area (Å²) in [5, 5.41) is 20.2. The second-order valence-electron chi connectivity index (χ2n) is 4.33. The fraction of sp³-hybridized carbons (Fsp3) is 0. The van der Waals surface area contributed by atoms with Gasteiger partial charge in [-0.25, -0.2) is 0 Å². The molecule has 0 aliphatic heterocycles. The number of aromatic hydroxyl groups is 1. The Hall–Kier alpha value is -2.37. The molecule has 0 saturated carbocycles. The van der Waals surface area contributed by atoms with Crippen molar-refractivity contribution in [1.82, 2.24) is 0 Å². The van der Waals surface area contributed by atoms with E-state index in [9.17, 15) is 20.0 Å². The summed E-state index contributed by atoms with van der Waals surface area (Å²) in [5.41, 5.74) is 0.436. The van der Waals surface area contributed by atoms with Crippen LogP contribution in [0, 0.1) is 10.1 Å². The van der Waals surface area contributed by atoms with Crippen LogP contribution in [-0.4, -0.2) is 15.8 Å². The van der Waals surface area contributed by atoms with Gasteiger partial charge in [-0.15, -0.1) is 0 Å². The van der Waals surface area contributed by atoms with Gasteiger partial charge in [0.25, 0.3) is 5.69 Å². The molecule has 0 aliphatic carbocycles. The number of carbonyl (C=O) groups excluding carboxylic acids is 1. The Kier molecular flexibility index (Phi) is 4.80. The molecule has 0 bridgehead atoms. The van der Waals surface area contributed by atoms with E-state index in [1.165, 1.54) is 36.4 Å². The van der Waals surface area contributed by atoms with Crippen LogP contribution in [0.5, 0.6) is 5.75 Å². The second kappa shape index (κ2) is 6.60. The zero-order valence-corrected chi connectivity index (χ0v) is 12.5. The Morgan fingerprint density at radius 2 is 1.86 bits per heavy atom. The van der Waals surface area contributed by atoms with Crippen LogP contribution in [0.4, 0.5) is 5.69 Å². The van der Waals surface area contributed by atoms with Crippen LogP contribution in [-0.2, 0) is 0 Å². The molecule has 1 N–H and O–H groups in total. The summed E-state index contributed by atoms with van der Waals surface area (Å²) < 4.78 is 0. The Bertz CT molecular complexity index is 787. The Labute approximate surface area is 135 Å². The van der Waals surface area contributed by atoms with Gasteiger partial charge in [0.05, 0.1) is 9.95 Å². The smallest absolute Gasteiger partial charge is 0.288 e. The molecule has 0 unspecified atom stereocenters. The maximum Gasteiger partial charge on any atom is 0.288 e. The lowest BCUT2D eigenvalue weighted by molar-refractivity contribution is -0.384. The van der Waals surface area contributed by atoms with Gasteiger partial charge in [-0.05, 0) is 35.9 Å². The van der Waals surface area contributed by atoms with Crippen LogP contribution < -0.4 is 0 Å². The number of hydrogen-bond acceptors (Lipinski definition) is 4. The van der Waals surface area contributed by atoms with Crippen molar-refractivity contribution in [3.05, 3.63) is 73.8 Å². The lowest BCUT2D eigenvalue weighted by Crippen LogP contribution is -1.97. The molecule has 112 valence electrons. The van der Waals surface area contributed by atoms with Crippen molar-refractivity contribution in [3.8, 4) is 5.75 Å². The number of phenols is 1. The largest absolute Gasteiger partial charge is 0.506 e. The summed E-state index contributed by atoms with van der Waals surface area (Å²) in [5.74, 6) is -0.470. The van der Waals surface area contributed by atoms with Gasteiger partial charge in [0, 0.05) is 11.6 Å². The molecule has 0 saturated heterocycles. The first-order valence-electron chi connectivity index (χ1n) is 6.03. The first-order valence-corrected chi connectivity index (χ1v) is 6.79. The maximum atomic E-state index is 12.0. The average molecular weight is 338 g/mol. The molecule has 0 heterocycles. The van der Waals surface area contributed by atoms with Gasteiger partial charge in [-0.3, -0.25) is 14.9 Å². The predicted octanol–water partition coefficient (Wildman–Crippen LogP) is 4.50. The van der Waals surface area contributed by atoms with Crippen molar-refractivity contribution in [2.45, 2.75) is 0 Å². The number of halogens is 2. The number of phenolic OH excluding ortho intramolecular Hbond substituents is 1. The first kappa shape index (κ1) is 16.0. The molecule has 0 spiro atoms. The zero-order valence-electron chi connectivity index (χ0n) is 11.0. The second-order valence-corrected chi connectivity index (χ2v) is 5.15. The van der Waals surface area contributed by atoms with E-state index in [0.717, 1.165) is 6.07 Å². The summed E-state index contributed by atoms with van der Waals surface area (Å²) >= 11 is 11.5. The van der Waals surface area contributed by atoms with E-state index in [-0.39, 0.29) is 27.0 Å². The zero-order chi connectivity index (χ0) is 16.3. The summed E-state index contributed by atoms with van der Waals surface area (Å²) in [6, 6.07) is 8.31. The normalized spacial score (nSPS) is 10.8. The molecule has 0 radical (unpaired) electrons. The molecule has 0 atom stereocenters. The van der Waals surface area contributed by atoms with E-state index < -0.39 is 10.7 Å². The number of rotatable bonds is 4. The van der Waals surface area contributed by atoms with Gasteiger partial charge in [0.2, 0.25) is 0 Å². The third kappa shape index (κ3) is 3.63. The standard InChI is InChI=1S/C15H9Cl2NO4/c16-11-4-3-10(8-13(11)18(21)22)14(19)5-1-9-2-6-15(20)12(17)7-9/h1-8,20H/b5-1+. The quantitative estimate of drug-likeness (QED) is 0.385. The van der Waals surface area contributed by atoms with Crippen molar-refractivity contribution < 1.29 is 14.8 Å². The SMILES string of the molecule is O=C(/C=C/c1ccc(O)c(Cl)c1)c1ccc(Cl)c([N+](=O)[O-])c1. The molecule has 0 fully saturated rings. The van der Waals surface area contributed by atoms with Gasteiger partial charge in [-0.1, -0.05) is 35.3 Å².